The molecule has 0 saturated carbocycles. The molecule has 2 aromatic heterocycles. The number of rotatable bonds is 3. The van der Waals surface area contributed by atoms with Crippen LogP contribution in [0.4, 0.5) is 10.9 Å². The summed E-state index contributed by atoms with van der Waals surface area (Å²) in [4.78, 5) is 8.59. The third kappa shape index (κ3) is 2.74. The highest BCUT2D eigenvalue weighted by atomic mass is 35.5. The van der Waals surface area contributed by atoms with Crippen molar-refractivity contribution in [3.63, 3.8) is 0 Å². The summed E-state index contributed by atoms with van der Waals surface area (Å²) in [7, 11) is 3.85. The van der Waals surface area contributed by atoms with Gasteiger partial charge in [0.25, 0.3) is 0 Å². The Labute approximate surface area is 137 Å². The zero-order valence-corrected chi connectivity index (χ0v) is 13.9. The van der Waals surface area contributed by atoms with Crippen molar-refractivity contribution in [3.8, 4) is 6.07 Å². The van der Waals surface area contributed by atoms with Gasteiger partial charge in [0.1, 0.15) is 22.5 Å². The molecule has 1 aliphatic rings. The van der Waals surface area contributed by atoms with Crippen LogP contribution in [0.2, 0.25) is 5.15 Å². The minimum absolute atomic E-state index is 0.301. The number of aromatic nitrogens is 4. The molecular weight excluding hydrogens is 322 g/mol. The summed E-state index contributed by atoms with van der Waals surface area (Å²) >= 11 is 7.23. The number of aromatic amines is 1. The van der Waals surface area contributed by atoms with Crippen LogP contribution in [0.5, 0.6) is 0 Å². The number of hydrogen-bond donors (Lipinski definition) is 1. The zero-order chi connectivity index (χ0) is 15.7. The number of nitriles is 1. The van der Waals surface area contributed by atoms with Crippen LogP contribution in [-0.2, 0) is 0 Å². The van der Waals surface area contributed by atoms with Crippen LogP contribution in [0.3, 0.4) is 0 Å². The molecule has 0 amide bonds. The minimum Gasteiger partial charge on any atom is -0.361 e. The smallest absolute Gasteiger partial charge is 0.244 e. The lowest BCUT2D eigenvalue weighted by Crippen LogP contribution is -2.33. The van der Waals surface area contributed by atoms with E-state index in [0.717, 1.165) is 36.8 Å². The first-order chi connectivity index (χ1) is 10.6. The van der Waals surface area contributed by atoms with Gasteiger partial charge in [0, 0.05) is 33.1 Å². The molecule has 1 saturated heterocycles. The Kier molecular flexibility index (Phi) is 4.18. The van der Waals surface area contributed by atoms with Gasteiger partial charge < -0.3 is 9.80 Å². The lowest BCUT2D eigenvalue weighted by Gasteiger charge is -2.31. The van der Waals surface area contributed by atoms with Crippen molar-refractivity contribution in [2.24, 2.45) is 0 Å². The monoisotopic (exact) mass is 337 g/mol. The van der Waals surface area contributed by atoms with Crippen LogP contribution in [-0.4, -0.2) is 46.7 Å². The predicted molar refractivity (Wildman–Crippen MR) is 86.7 cm³/mol. The average Bonchev–Trinajstić information content (AvgIpc) is 3.14. The van der Waals surface area contributed by atoms with Crippen LogP contribution in [0.15, 0.2) is 0 Å². The van der Waals surface area contributed by atoms with E-state index in [4.69, 9.17) is 11.6 Å². The third-order valence-corrected chi connectivity index (χ3v) is 5.09. The molecule has 7 nitrogen and oxygen atoms in total. The molecule has 0 aliphatic carbocycles. The van der Waals surface area contributed by atoms with E-state index in [-0.39, 0.29) is 0 Å². The Hall–Kier alpha value is -1.85. The highest BCUT2D eigenvalue weighted by Crippen LogP contribution is 2.35. The van der Waals surface area contributed by atoms with Gasteiger partial charge in [-0.3, -0.25) is 5.10 Å². The first-order valence-corrected chi connectivity index (χ1v) is 8.15. The normalized spacial score (nSPS) is 15.8. The number of H-pyrrole nitrogens is 1. The molecule has 2 aromatic rings. The topological polar surface area (TPSA) is 84.7 Å². The standard InChI is InChI=1S/C13H16ClN7S/c1-20(2)13-16-11(17-18-13)8-3-5-21(6-4-8)12-9(7-15)10(14)19-22-12/h8H,3-6H2,1-2H3,(H,16,17,18). The Bertz CT molecular complexity index is 694. The second-order valence-corrected chi connectivity index (χ2v) is 6.55. The summed E-state index contributed by atoms with van der Waals surface area (Å²) in [5, 5.41) is 17.6. The van der Waals surface area contributed by atoms with Crippen molar-refractivity contribution in [3.05, 3.63) is 16.5 Å². The van der Waals surface area contributed by atoms with E-state index >= 15 is 0 Å². The summed E-state index contributed by atoms with van der Waals surface area (Å²) in [6.45, 7) is 1.71. The SMILES string of the molecule is CN(C)c1n[nH]c(C2CCN(c3snc(Cl)c3C#N)CC2)n1. The maximum atomic E-state index is 9.18. The van der Waals surface area contributed by atoms with Gasteiger partial charge in [-0.05, 0) is 24.4 Å². The van der Waals surface area contributed by atoms with Crippen LogP contribution in [0.25, 0.3) is 0 Å². The van der Waals surface area contributed by atoms with Crippen molar-refractivity contribution in [1.82, 2.24) is 19.6 Å². The van der Waals surface area contributed by atoms with Gasteiger partial charge in [0.15, 0.2) is 5.15 Å². The minimum atomic E-state index is 0.301. The molecule has 1 fully saturated rings. The molecule has 22 heavy (non-hydrogen) atoms. The largest absolute Gasteiger partial charge is 0.361 e. The second-order valence-electron chi connectivity index (χ2n) is 5.44. The molecule has 116 valence electrons. The lowest BCUT2D eigenvalue weighted by molar-refractivity contribution is 0.488. The van der Waals surface area contributed by atoms with Crippen LogP contribution < -0.4 is 9.80 Å². The maximum absolute atomic E-state index is 9.18. The molecule has 3 rings (SSSR count). The Balaban J connectivity index is 1.68. The Morgan fingerprint density at radius 2 is 2.14 bits per heavy atom. The van der Waals surface area contributed by atoms with Crippen molar-refractivity contribution in [2.45, 2.75) is 18.8 Å². The highest BCUT2D eigenvalue weighted by molar-refractivity contribution is 7.10. The molecule has 9 heteroatoms. The number of hydrogen-bond acceptors (Lipinski definition) is 7. The van der Waals surface area contributed by atoms with Gasteiger partial charge in [0.05, 0.1) is 0 Å². The summed E-state index contributed by atoms with van der Waals surface area (Å²) in [5.41, 5.74) is 0.486. The molecule has 1 N–H and O–H groups in total. The van der Waals surface area contributed by atoms with Gasteiger partial charge in [-0.25, -0.2) is 0 Å². The number of halogens is 1. The lowest BCUT2D eigenvalue weighted by atomic mass is 9.96. The molecule has 0 bridgehead atoms. The van der Waals surface area contributed by atoms with E-state index in [9.17, 15) is 5.26 Å². The van der Waals surface area contributed by atoms with E-state index < -0.39 is 0 Å². The van der Waals surface area contributed by atoms with Crippen LogP contribution in [0.1, 0.15) is 30.1 Å². The van der Waals surface area contributed by atoms with E-state index in [1.54, 1.807) is 0 Å². The predicted octanol–water partition coefficient (Wildman–Crippen LogP) is 2.24. The molecule has 0 radical (unpaired) electrons. The highest BCUT2D eigenvalue weighted by Gasteiger charge is 2.26. The number of nitrogens with zero attached hydrogens (tertiary/aromatic N) is 6. The average molecular weight is 338 g/mol. The number of anilines is 2. The van der Waals surface area contributed by atoms with Crippen molar-refractivity contribution in [2.75, 3.05) is 37.0 Å². The summed E-state index contributed by atoms with van der Waals surface area (Å²) in [6.07, 6.45) is 1.92. The van der Waals surface area contributed by atoms with Gasteiger partial charge in [-0.2, -0.15) is 14.6 Å². The fourth-order valence-corrected chi connectivity index (χ4v) is 3.66. The van der Waals surface area contributed by atoms with Crippen molar-refractivity contribution < 1.29 is 0 Å². The second kappa shape index (κ2) is 6.10. The Morgan fingerprint density at radius 3 is 2.73 bits per heavy atom. The summed E-state index contributed by atoms with van der Waals surface area (Å²) < 4.78 is 4.07. The van der Waals surface area contributed by atoms with E-state index in [1.165, 1.54) is 11.5 Å². The number of nitrogens with one attached hydrogen (secondary N) is 1. The van der Waals surface area contributed by atoms with E-state index in [2.05, 4.69) is 30.5 Å². The fourth-order valence-electron chi connectivity index (χ4n) is 2.58. The fraction of sp³-hybridized carbons (Fsp3) is 0.538. The first kappa shape index (κ1) is 15.1. The van der Waals surface area contributed by atoms with Gasteiger partial charge >= 0.3 is 0 Å². The van der Waals surface area contributed by atoms with Gasteiger partial charge in [-0.1, -0.05) is 11.6 Å². The van der Waals surface area contributed by atoms with Crippen LogP contribution in [0, 0.1) is 11.3 Å². The van der Waals surface area contributed by atoms with Gasteiger partial charge in [0.2, 0.25) is 5.95 Å². The maximum Gasteiger partial charge on any atom is 0.244 e. The molecule has 3 heterocycles. The van der Waals surface area contributed by atoms with E-state index in [1.807, 2.05) is 19.0 Å². The summed E-state index contributed by atoms with van der Waals surface area (Å²) in [5.74, 6) is 2.01. The molecular formula is C13H16ClN7S. The first-order valence-electron chi connectivity index (χ1n) is 7.00. The van der Waals surface area contributed by atoms with E-state index in [0.29, 0.717) is 22.6 Å². The molecule has 1 aliphatic heterocycles. The molecule has 0 aromatic carbocycles. The zero-order valence-electron chi connectivity index (χ0n) is 12.4. The summed E-state index contributed by atoms with van der Waals surface area (Å²) in [6, 6.07) is 2.14. The molecule has 0 atom stereocenters. The van der Waals surface area contributed by atoms with Crippen molar-refractivity contribution in [1.29, 1.82) is 5.26 Å². The quantitative estimate of drug-likeness (QED) is 0.924. The Morgan fingerprint density at radius 1 is 1.41 bits per heavy atom. The van der Waals surface area contributed by atoms with Crippen LogP contribution >= 0.6 is 23.1 Å². The molecule has 0 unspecified atom stereocenters. The third-order valence-electron chi connectivity index (χ3n) is 3.80. The van der Waals surface area contributed by atoms with Gasteiger partial charge in [-0.15, -0.1) is 5.10 Å². The molecule has 0 spiro atoms. The van der Waals surface area contributed by atoms with Crippen molar-refractivity contribution >= 4 is 34.1 Å². The number of piperidine rings is 1.